The van der Waals surface area contributed by atoms with Gasteiger partial charge in [0.25, 0.3) is 10.0 Å². The average Bonchev–Trinajstić information content (AvgIpc) is 3.26. The fraction of sp³-hybridized carbons (Fsp3) is 0.182. The third-order valence-electron chi connectivity index (χ3n) is 4.57. The van der Waals surface area contributed by atoms with Gasteiger partial charge in [0.1, 0.15) is 4.21 Å². The molecule has 0 aliphatic heterocycles. The second kappa shape index (κ2) is 9.76. The van der Waals surface area contributed by atoms with Crippen LogP contribution >= 0.6 is 11.3 Å². The molecule has 0 atom stereocenters. The Hall–Kier alpha value is -3.17. The molecule has 0 radical (unpaired) electrons. The summed E-state index contributed by atoms with van der Waals surface area (Å²) in [5, 5.41) is 4.59. The first-order valence-electron chi connectivity index (χ1n) is 9.49. The number of carbonyl (C=O) groups excluding carboxylic acids is 2. The van der Waals surface area contributed by atoms with Crippen LogP contribution in [0.15, 0.2) is 70.3 Å². The number of thiophene rings is 1. The van der Waals surface area contributed by atoms with Gasteiger partial charge in [-0.05, 0) is 40.8 Å². The zero-order chi connectivity index (χ0) is 22.4. The molecule has 3 rings (SSSR count). The van der Waals surface area contributed by atoms with E-state index in [-0.39, 0.29) is 22.4 Å². The van der Waals surface area contributed by atoms with Gasteiger partial charge in [-0.25, -0.2) is 8.42 Å². The smallest absolute Gasteiger partial charge is 0.271 e. The van der Waals surface area contributed by atoms with E-state index in [0.717, 1.165) is 22.5 Å². The summed E-state index contributed by atoms with van der Waals surface area (Å²) in [4.78, 5) is 25.6. The molecule has 0 bridgehead atoms. The van der Waals surface area contributed by atoms with Crippen molar-refractivity contribution in [1.29, 1.82) is 0 Å². The summed E-state index contributed by atoms with van der Waals surface area (Å²) in [5.41, 5.74) is 2.66. The van der Waals surface area contributed by atoms with Crippen molar-refractivity contribution in [3.63, 3.8) is 0 Å². The summed E-state index contributed by atoms with van der Waals surface area (Å²) in [7, 11) is -1.90. The van der Waals surface area contributed by atoms with E-state index >= 15 is 0 Å². The summed E-state index contributed by atoms with van der Waals surface area (Å²) in [6.07, 6.45) is 0.134. The average molecular weight is 458 g/mol. The number of rotatable bonds is 8. The van der Waals surface area contributed by atoms with Crippen LogP contribution in [0.2, 0.25) is 0 Å². The van der Waals surface area contributed by atoms with Gasteiger partial charge in [-0.3, -0.25) is 14.3 Å². The molecule has 162 valence electrons. The van der Waals surface area contributed by atoms with Crippen LogP contribution in [0.5, 0.6) is 0 Å². The molecule has 0 aliphatic carbocycles. The van der Waals surface area contributed by atoms with Crippen LogP contribution < -0.4 is 10.0 Å². The molecule has 0 unspecified atom stereocenters. The normalized spacial score (nSPS) is 11.0. The van der Waals surface area contributed by atoms with Crippen molar-refractivity contribution < 1.29 is 18.0 Å². The van der Waals surface area contributed by atoms with Crippen molar-refractivity contribution in [1.82, 2.24) is 4.90 Å². The molecule has 31 heavy (non-hydrogen) atoms. The van der Waals surface area contributed by atoms with Crippen molar-refractivity contribution in [2.45, 2.75) is 24.1 Å². The summed E-state index contributed by atoms with van der Waals surface area (Å²) in [6, 6.07) is 17.2. The molecule has 2 N–H and O–H groups in total. The SMILES string of the molecule is CC(=O)N(C)Cc1ccccc1NC(=O)Cc1ccc(NS(=O)(=O)c2cccs2)cc1. The molecule has 0 aliphatic rings. The lowest BCUT2D eigenvalue weighted by molar-refractivity contribution is -0.128. The van der Waals surface area contributed by atoms with Gasteiger partial charge >= 0.3 is 0 Å². The van der Waals surface area contributed by atoms with E-state index in [9.17, 15) is 18.0 Å². The predicted molar refractivity (Wildman–Crippen MR) is 122 cm³/mol. The maximum absolute atomic E-state index is 12.5. The van der Waals surface area contributed by atoms with Gasteiger partial charge in [0.15, 0.2) is 0 Å². The molecule has 2 amide bonds. The van der Waals surface area contributed by atoms with Crippen molar-refractivity contribution >= 4 is 44.5 Å². The number of nitrogens with zero attached hydrogens (tertiary/aromatic N) is 1. The molecule has 0 fully saturated rings. The number of sulfonamides is 1. The third kappa shape index (κ3) is 6.16. The Morgan fingerprint density at radius 3 is 2.35 bits per heavy atom. The van der Waals surface area contributed by atoms with Crippen LogP contribution in [0, 0.1) is 0 Å². The first-order valence-corrected chi connectivity index (χ1v) is 11.9. The highest BCUT2D eigenvalue weighted by molar-refractivity contribution is 7.94. The van der Waals surface area contributed by atoms with E-state index in [0.29, 0.717) is 17.9 Å². The minimum absolute atomic E-state index is 0.0593. The highest BCUT2D eigenvalue weighted by Gasteiger charge is 2.15. The highest BCUT2D eigenvalue weighted by Crippen LogP contribution is 2.21. The minimum atomic E-state index is -3.61. The lowest BCUT2D eigenvalue weighted by atomic mass is 10.1. The number of carbonyl (C=O) groups is 2. The zero-order valence-electron chi connectivity index (χ0n) is 17.2. The number of hydrogen-bond donors (Lipinski definition) is 2. The molecule has 3 aromatic rings. The van der Waals surface area contributed by atoms with Gasteiger partial charge in [0, 0.05) is 31.9 Å². The lowest BCUT2D eigenvalue weighted by Crippen LogP contribution is -2.24. The third-order valence-corrected chi connectivity index (χ3v) is 7.35. The molecule has 1 aromatic heterocycles. The second-order valence-electron chi connectivity index (χ2n) is 6.99. The number of amides is 2. The van der Waals surface area contributed by atoms with Crippen LogP contribution in [-0.2, 0) is 32.6 Å². The quantitative estimate of drug-likeness (QED) is 0.539. The second-order valence-corrected chi connectivity index (χ2v) is 9.85. The number of hydrogen-bond acceptors (Lipinski definition) is 5. The predicted octanol–water partition coefficient (Wildman–Crippen LogP) is 3.71. The molecule has 0 spiro atoms. The van der Waals surface area contributed by atoms with Crippen molar-refractivity contribution in [2.24, 2.45) is 0 Å². The monoisotopic (exact) mass is 457 g/mol. The van der Waals surface area contributed by atoms with E-state index in [1.165, 1.54) is 13.0 Å². The van der Waals surface area contributed by atoms with E-state index in [1.54, 1.807) is 53.7 Å². The van der Waals surface area contributed by atoms with Gasteiger partial charge in [-0.1, -0.05) is 36.4 Å². The van der Waals surface area contributed by atoms with Gasteiger partial charge in [-0.15, -0.1) is 11.3 Å². The van der Waals surface area contributed by atoms with Crippen molar-refractivity contribution in [2.75, 3.05) is 17.1 Å². The Labute approximate surface area is 185 Å². The maximum atomic E-state index is 12.5. The molecular formula is C22H23N3O4S2. The van der Waals surface area contributed by atoms with Crippen LogP contribution in [-0.4, -0.2) is 32.2 Å². The Kier molecular flexibility index (Phi) is 7.09. The van der Waals surface area contributed by atoms with E-state index < -0.39 is 10.0 Å². The Morgan fingerprint density at radius 2 is 1.71 bits per heavy atom. The Morgan fingerprint density at radius 1 is 1.00 bits per heavy atom. The summed E-state index contributed by atoms with van der Waals surface area (Å²) in [6.45, 7) is 1.89. The molecule has 2 aromatic carbocycles. The summed E-state index contributed by atoms with van der Waals surface area (Å²) >= 11 is 1.14. The van der Waals surface area contributed by atoms with Crippen LogP contribution in [0.25, 0.3) is 0 Å². The zero-order valence-corrected chi connectivity index (χ0v) is 18.8. The number of nitrogens with one attached hydrogen (secondary N) is 2. The standard InChI is InChI=1S/C22H23N3O4S2/c1-16(26)25(2)15-18-6-3-4-7-20(18)23-21(27)14-17-9-11-19(12-10-17)24-31(28,29)22-8-5-13-30-22/h3-13,24H,14-15H2,1-2H3,(H,23,27). The maximum Gasteiger partial charge on any atom is 0.271 e. The first-order chi connectivity index (χ1) is 14.7. The molecule has 9 heteroatoms. The number of anilines is 2. The number of para-hydroxylation sites is 1. The summed E-state index contributed by atoms with van der Waals surface area (Å²) in [5.74, 6) is -0.263. The minimum Gasteiger partial charge on any atom is -0.342 e. The van der Waals surface area contributed by atoms with Crippen LogP contribution in [0.4, 0.5) is 11.4 Å². The molecule has 7 nitrogen and oxygen atoms in total. The Bertz CT molecular complexity index is 1160. The fourth-order valence-corrected chi connectivity index (χ4v) is 4.89. The van der Waals surface area contributed by atoms with E-state index in [1.807, 2.05) is 18.2 Å². The first kappa shape index (κ1) is 22.5. The molecule has 1 heterocycles. The largest absolute Gasteiger partial charge is 0.342 e. The molecule has 0 saturated heterocycles. The summed E-state index contributed by atoms with van der Waals surface area (Å²) < 4.78 is 27.3. The van der Waals surface area contributed by atoms with Gasteiger partial charge in [0.05, 0.1) is 6.42 Å². The van der Waals surface area contributed by atoms with Gasteiger partial charge in [0.2, 0.25) is 11.8 Å². The van der Waals surface area contributed by atoms with Gasteiger partial charge in [-0.2, -0.15) is 0 Å². The van der Waals surface area contributed by atoms with Crippen molar-refractivity contribution in [3.05, 3.63) is 77.2 Å². The number of benzene rings is 2. The van der Waals surface area contributed by atoms with Crippen LogP contribution in [0.3, 0.4) is 0 Å². The lowest BCUT2D eigenvalue weighted by Gasteiger charge is -2.18. The highest BCUT2D eigenvalue weighted by atomic mass is 32.2. The van der Waals surface area contributed by atoms with Crippen LogP contribution in [0.1, 0.15) is 18.1 Å². The fourth-order valence-electron chi connectivity index (χ4n) is 2.84. The molecule has 0 saturated carbocycles. The topological polar surface area (TPSA) is 95.6 Å². The van der Waals surface area contributed by atoms with E-state index in [4.69, 9.17) is 0 Å². The molecular weight excluding hydrogens is 434 g/mol. The van der Waals surface area contributed by atoms with Crippen molar-refractivity contribution in [3.8, 4) is 0 Å². The van der Waals surface area contributed by atoms with E-state index in [2.05, 4.69) is 10.0 Å². The Balaban J connectivity index is 1.62. The van der Waals surface area contributed by atoms with Gasteiger partial charge < -0.3 is 10.2 Å².